The minimum atomic E-state index is -0.681. The number of hydrogen-bond acceptors (Lipinski definition) is 7. The lowest BCUT2D eigenvalue weighted by Crippen LogP contribution is -2.00. The minimum Gasteiger partial charge on any atom is -0.493 e. The molecule has 0 spiro atoms. The first-order chi connectivity index (χ1) is 9.19. The molecule has 2 rings (SSSR count). The van der Waals surface area contributed by atoms with Gasteiger partial charge in [0.25, 0.3) is 0 Å². The number of methoxy groups -OCH3 is 3. The highest BCUT2D eigenvalue weighted by Gasteiger charge is 2.17. The Morgan fingerprint density at radius 2 is 1.84 bits per heavy atom. The van der Waals surface area contributed by atoms with Crippen molar-refractivity contribution in [1.82, 2.24) is 10.2 Å². The highest BCUT2D eigenvalue weighted by atomic mass is 16.5. The third kappa shape index (κ3) is 2.49. The van der Waals surface area contributed by atoms with Crippen molar-refractivity contribution in [3.8, 4) is 23.0 Å². The maximum atomic E-state index is 11.2. The van der Waals surface area contributed by atoms with E-state index in [-0.39, 0.29) is 11.8 Å². The summed E-state index contributed by atoms with van der Waals surface area (Å²) in [7, 11) is 4.30. The zero-order valence-corrected chi connectivity index (χ0v) is 10.7. The highest BCUT2D eigenvalue weighted by molar-refractivity contribution is 5.84. The van der Waals surface area contributed by atoms with E-state index in [9.17, 15) is 4.79 Å². The molecule has 100 valence electrons. The lowest BCUT2D eigenvalue weighted by atomic mass is 10.2. The minimum absolute atomic E-state index is 0.196. The summed E-state index contributed by atoms with van der Waals surface area (Å²) < 4.78 is 20.0. The van der Waals surface area contributed by atoms with Gasteiger partial charge in [0.1, 0.15) is 0 Å². The quantitative estimate of drug-likeness (QED) is 0.774. The first kappa shape index (κ1) is 12.9. The molecule has 0 aliphatic heterocycles. The van der Waals surface area contributed by atoms with Crippen molar-refractivity contribution in [2.45, 2.75) is 0 Å². The smallest absolute Gasteiger partial charge is 0.396 e. The number of nitrogens with zero attached hydrogens (tertiary/aromatic N) is 2. The molecular formula is C12H12N2O5. The Morgan fingerprint density at radius 3 is 2.47 bits per heavy atom. The molecule has 0 aliphatic carbocycles. The highest BCUT2D eigenvalue weighted by Crippen LogP contribution is 2.31. The van der Waals surface area contributed by atoms with Gasteiger partial charge in [-0.05, 0) is 18.2 Å². The number of hydrogen-bond donors (Lipinski definition) is 0. The third-order valence-corrected chi connectivity index (χ3v) is 2.42. The molecule has 0 fully saturated rings. The van der Waals surface area contributed by atoms with E-state index in [0.717, 1.165) is 0 Å². The number of ether oxygens (including phenoxy) is 3. The summed E-state index contributed by atoms with van der Waals surface area (Å²) in [4.78, 5) is 11.2. The molecule has 0 saturated carbocycles. The van der Waals surface area contributed by atoms with Crippen molar-refractivity contribution in [2.75, 3.05) is 21.3 Å². The fraction of sp³-hybridized carbons (Fsp3) is 0.250. The summed E-state index contributed by atoms with van der Waals surface area (Å²) in [6, 6.07) is 5.10. The molecule has 0 bridgehead atoms. The zero-order valence-electron chi connectivity index (χ0n) is 10.7. The van der Waals surface area contributed by atoms with Gasteiger partial charge in [0.15, 0.2) is 11.5 Å². The van der Waals surface area contributed by atoms with Crippen molar-refractivity contribution in [2.24, 2.45) is 0 Å². The zero-order chi connectivity index (χ0) is 13.8. The number of carbonyl (C=O) groups excluding carboxylic acids is 1. The molecule has 0 amide bonds. The van der Waals surface area contributed by atoms with Crippen LogP contribution in [0.4, 0.5) is 0 Å². The lowest BCUT2D eigenvalue weighted by molar-refractivity contribution is 0.0556. The van der Waals surface area contributed by atoms with Crippen LogP contribution in [0, 0.1) is 0 Å². The second kappa shape index (κ2) is 5.38. The summed E-state index contributed by atoms with van der Waals surface area (Å²) in [5.74, 6) is 0.421. The molecule has 0 unspecified atom stereocenters. The van der Waals surface area contributed by atoms with Gasteiger partial charge >= 0.3 is 11.9 Å². The van der Waals surface area contributed by atoms with Crippen LogP contribution in [0.5, 0.6) is 11.5 Å². The molecule has 0 radical (unpaired) electrons. The van der Waals surface area contributed by atoms with Crippen LogP contribution in [-0.2, 0) is 4.74 Å². The average Bonchev–Trinajstić information content (AvgIpc) is 2.95. The Labute approximate surface area is 109 Å². The van der Waals surface area contributed by atoms with Crippen LogP contribution < -0.4 is 9.47 Å². The van der Waals surface area contributed by atoms with Gasteiger partial charge in [0.05, 0.1) is 21.3 Å². The van der Waals surface area contributed by atoms with Crippen LogP contribution >= 0.6 is 0 Å². The summed E-state index contributed by atoms with van der Waals surface area (Å²) in [6.45, 7) is 0. The van der Waals surface area contributed by atoms with Gasteiger partial charge in [-0.25, -0.2) is 4.79 Å². The number of carbonyl (C=O) groups is 1. The van der Waals surface area contributed by atoms with Crippen molar-refractivity contribution in [1.29, 1.82) is 0 Å². The Hall–Kier alpha value is -2.57. The van der Waals surface area contributed by atoms with Gasteiger partial charge in [-0.1, -0.05) is 0 Å². The number of benzene rings is 1. The predicted octanol–water partition coefficient (Wildman–Crippen LogP) is 1.54. The number of aromatic nitrogens is 2. The maximum absolute atomic E-state index is 11.2. The average molecular weight is 264 g/mol. The van der Waals surface area contributed by atoms with Gasteiger partial charge in [0, 0.05) is 5.56 Å². The van der Waals surface area contributed by atoms with E-state index in [1.165, 1.54) is 14.2 Å². The van der Waals surface area contributed by atoms with E-state index in [1.54, 1.807) is 25.3 Å². The number of rotatable bonds is 4. The SMILES string of the molecule is COC(=O)c1nnc(-c2ccc(OC)c(OC)c2)o1. The van der Waals surface area contributed by atoms with E-state index >= 15 is 0 Å². The van der Waals surface area contributed by atoms with Crippen LogP contribution in [0.15, 0.2) is 22.6 Å². The van der Waals surface area contributed by atoms with E-state index in [4.69, 9.17) is 13.9 Å². The molecule has 0 saturated heterocycles. The van der Waals surface area contributed by atoms with Gasteiger partial charge < -0.3 is 18.6 Å². The van der Waals surface area contributed by atoms with Gasteiger partial charge in [-0.15, -0.1) is 10.2 Å². The molecule has 0 N–H and O–H groups in total. The van der Waals surface area contributed by atoms with Crippen molar-refractivity contribution in [3.63, 3.8) is 0 Å². The summed E-state index contributed by atoms with van der Waals surface area (Å²) in [5.41, 5.74) is 0.611. The topological polar surface area (TPSA) is 83.7 Å². The van der Waals surface area contributed by atoms with Crippen molar-refractivity contribution < 1.29 is 23.4 Å². The molecule has 7 heteroatoms. The summed E-state index contributed by atoms with van der Waals surface area (Å²) in [6.07, 6.45) is 0. The molecule has 1 aromatic heterocycles. The van der Waals surface area contributed by atoms with Crippen LogP contribution in [-0.4, -0.2) is 37.5 Å². The fourth-order valence-electron chi connectivity index (χ4n) is 1.48. The van der Waals surface area contributed by atoms with E-state index < -0.39 is 5.97 Å². The van der Waals surface area contributed by atoms with Crippen molar-refractivity contribution >= 4 is 5.97 Å². The molecule has 2 aromatic rings. The van der Waals surface area contributed by atoms with Crippen LogP contribution in [0.1, 0.15) is 10.7 Å². The second-order valence-electron chi connectivity index (χ2n) is 3.47. The first-order valence-corrected chi connectivity index (χ1v) is 5.33. The third-order valence-electron chi connectivity index (χ3n) is 2.42. The second-order valence-corrected chi connectivity index (χ2v) is 3.47. The monoisotopic (exact) mass is 264 g/mol. The Bertz CT molecular complexity index is 594. The molecule has 0 atom stereocenters. The Morgan fingerprint density at radius 1 is 1.11 bits per heavy atom. The lowest BCUT2D eigenvalue weighted by Gasteiger charge is -2.07. The van der Waals surface area contributed by atoms with Crippen LogP contribution in [0.25, 0.3) is 11.5 Å². The van der Waals surface area contributed by atoms with E-state index in [1.807, 2.05) is 0 Å². The molecular weight excluding hydrogens is 252 g/mol. The Balaban J connectivity index is 2.36. The van der Waals surface area contributed by atoms with Gasteiger partial charge in [-0.3, -0.25) is 0 Å². The van der Waals surface area contributed by atoms with Gasteiger partial charge in [0.2, 0.25) is 5.89 Å². The van der Waals surface area contributed by atoms with Crippen molar-refractivity contribution in [3.05, 3.63) is 24.1 Å². The van der Waals surface area contributed by atoms with Crippen LogP contribution in [0.3, 0.4) is 0 Å². The molecule has 1 heterocycles. The standard InChI is InChI=1S/C12H12N2O5/c1-16-8-5-4-7(6-9(8)17-2)10-13-14-11(19-10)12(15)18-3/h4-6H,1-3H3. The fourth-order valence-corrected chi connectivity index (χ4v) is 1.48. The Kier molecular flexibility index (Phi) is 3.65. The van der Waals surface area contributed by atoms with Crippen LogP contribution in [0.2, 0.25) is 0 Å². The molecule has 1 aromatic carbocycles. The molecule has 0 aliphatic rings. The predicted molar refractivity (Wildman–Crippen MR) is 64.2 cm³/mol. The molecule has 19 heavy (non-hydrogen) atoms. The number of esters is 1. The van der Waals surface area contributed by atoms with Gasteiger partial charge in [-0.2, -0.15) is 0 Å². The van der Waals surface area contributed by atoms with E-state index in [0.29, 0.717) is 17.1 Å². The summed E-state index contributed by atoms with van der Waals surface area (Å²) in [5, 5.41) is 7.37. The molecule has 7 nitrogen and oxygen atoms in total. The van der Waals surface area contributed by atoms with E-state index in [2.05, 4.69) is 14.9 Å². The summed E-state index contributed by atoms with van der Waals surface area (Å²) >= 11 is 0. The largest absolute Gasteiger partial charge is 0.493 e. The first-order valence-electron chi connectivity index (χ1n) is 5.33. The maximum Gasteiger partial charge on any atom is 0.396 e. The normalized spacial score (nSPS) is 10.1.